The molecule has 0 bridgehead atoms. The lowest BCUT2D eigenvalue weighted by Gasteiger charge is -2.30. The van der Waals surface area contributed by atoms with E-state index in [0.29, 0.717) is 6.54 Å². The third kappa shape index (κ3) is 5.88. The quantitative estimate of drug-likeness (QED) is 0.552. The molecule has 150 valence electrons. The molecule has 1 fully saturated rings. The van der Waals surface area contributed by atoms with Crippen LogP contribution in [0.5, 0.6) is 0 Å². The van der Waals surface area contributed by atoms with Crippen LogP contribution in [0.25, 0.3) is 0 Å². The number of nitrogens with zero attached hydrogens (tertiary/aromatic N) is 2. The van der Waals surface area contributed by atoms with Gasteiger partial charge in [-0.25, -0.2) is 4.99 Å². The summed E-state index contributed by atoms with van der Waals surface area (Å²) in [5.74, 6) is 0.825. The molecule has 2 aromatic rings. The van der Waals surface area contributed by atoms with Crippen LogP contribution in [0.3, 0.4) is 0 Å². The summed E-state index contributed by atoms with van der Waals surface area (Å²) in [7, 11) is 0. The van der Waals surface area contributed by atoms with Gasteiger partial charge in [-0.05, 0) is 36.6 Å². The number of hydrogen-bond donors (Lipinski definition) is 2. The molecule has 2 aromatic carbocycles. The zero-order valence-corrected chi connectivity index (χ0v) is 17.2. The maximum absolute atomic E-state index is 6.25. The topological polar surface area (TPSA) is 48.9 Å². The number of ether oxygens (including phenoxy) is 1. The summed E-state index contributed by atoms with van der Waals surface area (Å²) in [6.07, 6.45) is 0.856. The predicted molar refractivity (Wildman–Crippen MR) is 117 cm³/mol. The molecule has 0 radical (unpaired) electrons. The first kappa shape index (κ1) is 20.5. The van der Waals surface area contributed by atoms with E-state index in [4.69, 9.17) is 21.3 Å². The summed E-state index contributed by atoms with van der Waals surface area (Å²) in [5, 5.41) is 7.55. The van der Waals surface area contributed by atoms with E-state index >= 15 is 0 Å². The summed E-state index contributed by atoms with van der Waals surface area (Å²) in [4.78, 5) is 7.18. The van der Waals surface area contributed by atoms with Gasteiger partial charge in [0.2, 0.25) is 0 Å². The van der Waals surface area contributed by atoms with Crippen molar-refractivity contribution < 1.29 is 4.74 Å². The normalized spacial score (nSPS) is 14.8. The lowest BCUT2D eigenvalue weighted by atomic mass is 10.1. The van der Waals surface area contributed by atoms with E-state index in [-0.39, 0.29) is 0 Å². The van der Waals surface area contributed by atoms with Gasteiger partial charge in [0.15, 0.2) is 5.96 Å². The maximum Gasteiger partial charge on any atom is 0.191 e. The van der Waals surface area contributed by atoms with Gasteiger partial charge < -0.3 is 20.3 Å². The fraction of sp³-hybridized carbons (Fsp3) is 0.409. The van der Waals surface area contributed by atoms with Crippen LogP contribution >= 0.6 is 11.6 Å². The Labute approximate surface area is 172 Å². The van der Waals surface area contributed by atoms with Crippen molar-refractivity contribution in [3.05, 3.63) is 64.7 Å². The molecule has 5 nitrogen and oxygen atoms in total. The molecule has 2 N–H and O–H groups in total. The number of benzene rings is 2. The fourth-order valence-electron chi connectivity index (χ4n) is 3.28. The van der Waals surface area contributed by atoms with E-state index in [1.807, 2.05) is 18.2 Å². The van der Waals surface area contributed by atoms with Crippen molar-refractivity contribution in [2.45, 2.75) is 19.9 Å². The highest BCUT2D eigenvalue weighted by molar-refractivity contribution is 6.31. The number of para-hydroxylation sites is 1. The van der Waals surface area contributed by atoms with Crippen molar-refractivity contribution in [2.24, 2.45) is 4.99 Å². The number of nitrogens with one attached hydrogen (secondary N) is 2. The molecule has 0 unspecified atom stereocenters. The number of morpholine rings is 1. The van der Waals surface area contributed by atoms with Crippen molar-refractivity contribution in [3.63, 3.8) is 0 Å². The number of anilines is 1. The van der Waals surface area contributed by atoms with Crippen LogP contribution < -0.4 is 15.5 Å². The first-order valence-corrected chi connectivity index (χ1v) is 10.3. The molecule has 0 aromatic heterocycles. The highest BCUT2D eigenvalue weighted by atomic mass is 35.5. The molecule has 28 heavy (non-hydrogen) atoms. The van der Waals surface area contributed by atoms with Crippen LogP contribution in [0.1, 0.15) is 18.1 Å². The fourth-order valence-corrected chi connectivity index (χ4v) is 3.51. The molecule has 1 heterocycles. The molecule has 1 saturated heterocycles. The van der Waals surface area contributed by atoms with Crippen molar-refractivity contribution in [1.82, 2.24) is 10.6 Å². The van der Waals surface area contributed by atoms with Gasteiger partial charge in [-0.1, -0.05) is 48.0 Å². The first-order valence-electron chi connectivity index (χ1n) is 9.94. The van der Waals surface area contributed by atoms with Crippen molar-refractivity contribution in [3.8, 4) is 0 Å². The molecule has 0 amide bonds. The Bertz CT molecular complexity index is 775. The Morgan fingerprint density at radius 2 is 1.75 bits per heavy atom. The van der Waals surface area contributed by atoms with E-state index < -0.39 is 0 Å². The highest BCUT2D eigenvalue weighted by Crippen LogP contribution is 2.22. The SMILES string of the molecule is CCNC(=NCc1ccccc1N1CCOCC1)NCCc1ccccc1Cl. The van der Waals surface area contributed by atoms with Gasteiger partial charge in [-0.2, -0.15) is 0 Å². The number of guanidine groups is 1. The standard InChI is InChI=1S/C22H29ClN4O/c1-2-24-22(25-12-11-18-7-3-5-9-20(18)23)26-17-19-8-4-6-10-21(19)27-13-15-28-16-14-27/h3-10H,2,11-17H2,1H3,(H2,24,25,26). The van der Waals surface area contributed by atoms with Gasteiger partial charge in [0, 0.05) is 36.9 Å². The molecule has 1 aliphatic rings. The molecule has 0 spiro atoms. The molecule has 3 rings (SSSR count). The van der Waals surface area contributed by atoms with E-state index in [1.54, 1.807) is 0 Å². The minimum absolute atomic E-state index is 0.634. The Kier molecular flexibility index (Phi) is 8.00. The van der Waals surface area contributed by atoms with Gasteiger partial charge in [-0.3, -0.25) is 0 Å². The van der Waals surface area contributed by atoms with E-state index in [9.17, 15) is 0 Å². The maximum atomic E-state index is 6.25. The summed E-state index contributed by atoms with van der Waals surface area (Å²) >= 11 is 6.25. The van der Waals surface area contributed by atoms with Crippen LogP contribution in [-0.4, -0.2) is 45.4 Å². The highest BCUT2D eigenvalue weighted by Gasteiger charge is 2.14. The van der Waals surface area contributed by atoms with Gasteiger partial charge in [0.05, 0.1) is 19.8 Å². The summed E-state index contributed by atoms with van der Waals surface area (Å²) in [5.41, 5.74) is 3.62. The number of aliphatic imine (C=N–C) groups is 1. The van der Waals surface area contributed by atoms with Crippen LogP contribution in [0.2, 0.25) is 5.02 Å². The first-order chi connectivity index (χ1) is 13.8. The predicted octanol–water partition coefficient (Wildman–Crippen LogP) is 3.47. The Balaban J connectivity index is 1.62. The molecule has 6 heteroatoms. The minimum atomic E-state index is 0.634. The molecular formula is C22H29ClN4O. The van der Waals surface area contributed by atoms with Gasteiger partial charge in [0.1, 0.15) is 0 Å². The minimum Gasteiger partial charge on any atom is -0.378 e. The molecule has 0 saturated carbocycles. The lowest BCUT2D eigenvalue weighted by Crippen LogP contribution is -2.38. The average molecular weight is 401 g/mol. The Hall–Kier alpha value is -2.24. The average Bonchev–Trinajstić information content (AvgIpc) is 2.74. The molecule has 0 atom stereocenters. The zero-order valence-electron chi connectivity index (χ0n) is 16.5. The van der Waals surface area contributed by atoms with Crippen molar-refractivity contribution in [2.75, 3.05) is 44.3 Å². The van der Waals surface area contributed by atoms with Gasteiger partial charge >= 0.3 is 0 Å². The lowest BCUT2D eigenvalue weighted by molar-refractivity contribution is 0.122. The monoisotopic (exact) mass is 400 g/mol. The smallest absolute Gasteiger partial charge is 0.191 e. The third-order valence-corrected chi connectivity index (χ3v) is 5.11. The van der Waals surface area contributed by atoms with Crippen LogP contribution in [0.4, 0.5) is 5.69 Å². The Morgan fingerprint density at radius 3 is 2.50 bits per heavy atom. The number of halogens is 1. The summed E-state index contributed by atoms with van der Waals surface area (Å²) in [6.45, 7) is 7.73. The number of hydrogen-bond acceptors (Lipinski definition) is 3. The Morgan fingerprint density at radius 1 is 1.04 bits per heavy atom. The van der Waals surface area contributed by atoms with Crippen LogP contribution in [0, 0.1) is 0 Å². The summed E-state index contributed by atoms with van der Waals surface area (Å²) in [6, 6.07) is 16.5. The van der Waals surface area contributed by atoms with Gasteiger partial charge in [-0.15, -0.1) is 0 Å². The van der Waals surface area contributed by atoms with E-state index in [1.165, 1.54) is 11.3 Å². The zero-order chi connectivity index (χ0) is 19.6. The largest absolute Gasteiger partial charge is 0.378 e. The molecule has 0 aliphatic carbocycles. The van der Waals surface area contributed by atoms with Gasteiger partial charge in [0.25, 0.3) is 0 Å². The van der Waals surface area contributed by atoms with Crippen LogP contribution in [0.15, 0.2) is 53.5 Å². The van der Waals surface area contributed by atoms with Crippen molar-refractivity contribution in [1.29, 1.82) is 0 Å². The second-order valence-corrected chi connectivity index (χ2v) is 7.10. The van der Waals surface area contributed by atoms with E-state index in [0.717, 1.165) is 62.4 Å². The molecule has 1 aliphatic heterocycles. The second-order valence-electron chi connectivity index (χ2n) is 6.69. The summed E-state index contributed by atoms with van der Waals surface area (Å²) < 4.78 is 5.48. The van der Waals surface area contributed by atoms with Crippen LogP contribution in [-0.2, 0) is 17.7 Å². The second kappa shape index (κ2) is 10.9. The van der Waals surface area contributed by atoms with E-state index in [2.05, 4.69) is 52.8 Å². The van der Waals surface area contributed by atoms with Crippen molar-refractivity contribution >= 4 is 23.2 Å². The number of rotatable bonds is 7. The third-order valence-electron chi connectivity index (χ3n) is 4.74. The molecular weight excluding hydrogens is 372 g/mol.